The van der Waals surface area contributed by atoms with E-state index in [2.05, 4.69) is 11.3 Å². The van der Waals surface area contributed by atoms with Gasteiger partial charge in [0.05, 0.1) is 58.3 Å². The lowest BCUT2D eigenvalue weighted by Gasteiger charge is -2.23. The molecule has 9 heteroatoms. The molecule has 0 aliphatic rings. The van der Waals surface area contributed by atoms with Crippen LogP contribution in [0.1, 0.15) is 6.92 Å². The molecule has 0 amide bonds. The zero-order valence-electron chi connectivity index (χ0n) is 12.8. The average molecular weight is 328 g/mol. The molecule has 0 aliphatic heterocycles. The third-order valence-corrected chi connectivity index (χ3v) is 2.18. The van der Waals surface area contributed by atoms with Crippen LogP contribution in [0.5, 0.6) is 0 Å². The highest BCUT2D eigenvalue weighted by Crippen LogP contribution is 2.11. The van der Waals surface area contributed by atoms with E-state index in [9.17, 15) is 4.79 Å². The number of hydrogen-bond acceptors (Lipinski definition) is 8. The lowest BCUT2D eigenvalue weighted by atomic mass is 9.93. The SMILES string of the molecule is C=C(C)C(=O)O.OCC(CO)(CO)CO.OCCOCCO. The predicted octanol–water partition coefficient (Wildman–Crippen LogP) is -2.42. The van der Waals surface area contributed by atoms with E-state index in [-0.39, 0.29) is 18.8 Å². The Balaban J connectivity index is -0.000000252. The van der Waals surface area contributed by atoms with Gasteiger partial charge < -0.3 is 40.5 Å². The Labute approximate surface area is 129 Å². The molecule has 0 aromatic carbocycles. The van der Waals surface area contributed by atoms with Crippen molar-refractivity contribution in [1.29, 1.82) is 0 Å². The molecule has 0 unspecified atom stereocenters. The minimum Gasteiger partial charge on any atom is -0.478 e. The van der Waals surface area contributed by atoms with Gasteiger partial charge in [0, 0.05) is 5.57 Å². The van der Waals surface area contributed by atoms with Gasteiger partial charge in [0.25, 0.3) is 0 Å². The molecular formula is C13H28O9. The standard InChI is InChI=1S/C5H12O4.C4H10O3.C4H6O2/c6-1-5(2-7,3-8)4-9;5-1-3-7-4-2-6;1-3(2)4(5)6/h6-9H,1-4H2;5-6H,1-4H2;1H2,2H3,(H,5,6). The van der Waals surface area contributed by atoms with E-state index in [1.807, 2.05) is 0 Å². The molecule has 0 rings (SSSR count). The van der Waals surface area contributed by atoms with Crippen molar-refractivity contribution in [2.75, 3.05) is 52.9 Å². The van der Waals surface area contributed by atoms with Gasteiger partial charge in [-0.25, -0.2) is 4.79 Å². The molecule has 0 aromatic rings. The molecule has 7 N–H and O–H groups in total. The molecule has 0 radical (unpaired) electrons. The van der Waals surface area contributed by atoms with Gasteiger partial charge in [-0.1, -0.05) is 6.58 Å². The highest BCUT2D eigenvalue weighted by Gasteiger charge is 2.26. The van der Waals surface area contributed by atoms with Crippen molar-refractivity contribution in [3.05, 3.63) is 12.2 Å². The average Bonchev–Trinajstić information content (AvgIpc) is 2.52. The Hall–Kier alpha value is -1.07. The Morgan fingerprint density at radius 3 is 1.27 bits per heavy atom. The minimum absolute atomic E-state index is 0.0278. The molecule has 0 saturated heterocycles. The number of rotatable bonds is 9. The third-order valence-electron chi connectivity index (χ3n) is 2.18. The molecular weight excluding hydrogens is 300 g/mol. The van der Waals surface area contributed by atoms with Gasteiger partial charge >= 0.3 is 5.97 Å². The Morgan fingerprint density at radius 1 is 0.909 bits per heavy atom. The molecule has 0 bridgehead atoms. The first-order valence-corrected chi connectivity index (χ1v) is 6.42. The summed E-state index contributed by atoms with van der Waals surface area (Å²) >= 11 is 0. The van der Waals surface area contributed by atoms with Gasteiger partial charge in [0.2, 0.25) is 0 Å². The summed E-state index contributed by atoms with van der Waals surface area (Å²) in [4.78, 5) is 9.60. The number of aliphatic hydroxyl groups is 6. The molecule has 0 fully saturated rings. The fourth-order valence-electron chi connectivity index (χ4n) is 0.531. The normalized spacial score (nSPS) is 9.95. The molecule has 0 saturated carbocycles. The number of aliphatic hydroxyl groups excluding tert-OH is 6. The summed E-state index contributed by atoms with van der Waals surface area (Å²) in [7, 11) is 0. The van der Waals surface area contributed by atoms with Gasteiger partial charge in [0.1, 0.15) is 0 Å². The second-order valence-corrected chi connectivity index (χ2v) is 4.28. The van der Waals surface area contributed by atoms with E-state index in [1.54, 1.807) is 0 Å². The quantitative estimate of drug-likeness (QED) is 0.180. The number of carbonyl (C=O) groups is 1. The summed E-state index contributed by atoms with van der Waals surface area (Å²) < 4.78 is 4.63. The van der Waals surface area contributed by atoms with Crippen LogP contribution in [0.3, 0.4) is 0 Å². The van der Waals surface area contributed by atoms with Crippen molar-refractivity contribution < 1.29 is 45.3 Å². The van der Waals surface area contributed by atoms with E-state index in [4.69, 9.17) is 35.7 Å². The van der Waals surface area contributed by atoms with Crippen LogP contribution in [0.15, 0.2) is 12.2 Å². The van der Waals surface area contributed by atoms with Crippen LogP contribution in [-0.4, -0.2) is 94.6 Å². The van der Waals surface area contributed by atoms with Crippen LogP contribution in [0.25, 0.3) is 0 Å². The van der Waals surface area contributed by atoms with Crippen molar-refractivity contribution in [3.63, 3.8) is 0 Å². The summed E-state index contributed by atoms with van der Waals surface area (Å²) in [6.45, 7) is 3.67. The summed E-state index contributed by atoms with van der Waals surface area (Å²) in [5, 5.41) is 58.0. The number of carboxylic acids is 1. The van der Waals surface area contributed by atoms with Gasteiger partial charge in [-0.3, -0.25) is 0 Å². The third kappa shape index (κ3) is 17.0. The number of ether oxygens (including phenoxy) is 1. The largest absolute Gasteiger partial charge is 0.478 e. The smallest absolute Gasteiger partial charge is 0.330 e. The first-order valence-electron chi connectivity index (χ1n) is 6.42. The fourth-order valence-corrected chi connectivity index (χ4v) is 0.531. The summed E-state index contributed by atoms with van der Waals surface area (Å²) in [5.41, 5.74) is -0.935. The molecule has 0 aromatic heterocycles. The second kappa shape index (κ2) is 18.0. The van der Waals surface area contributed by atoms with Gasteiger partial charge in [-0.15, -0.1) is 0 Å². The molecule has 0 atom stereocenters. The molecule has 0 spiro atoms. The van der Waals surface area contributed by atoms with Gasteiger partial charge in [0.15, 0.2) is 0 Å². The monoisotopic (exact) mass is 328 g/mol. The Kier molecular flexibility index (Phi) is 21.1. The topological polar surface area (TPSA) is 168 Å². The highest BCUT2D eigenvalue weighted by atomic mass is 16.5. The van der Waals surface area contributed by atoms with Crippen LogP contribution < -0.4 is 0 Å². The predicted molar refractivity (Wildman–Crippen MR) is 78.2 cm³/mol. The van der Waals surface area contributed by atoms with Crippen LogP contribution in [0, 0.1) is 5.41 Å². The maximum atomic E-state index is 9.60. The van der Waals surface area contributed by atoms with Gasteiger partial charge in [-0.05, 0) is 6.92 Å². The van der Waals surface area contributed by atoms with Crippen LogP contribution >= 0.6 is 0 Å². The van der Waals surface area contributed by atoms with Gasteiger partial charge in [-0.2, -0.15) is 0 Å². The van der Waals surface area contributed by atoms with E-state index in [0.29, 0.717) is 13.2 Å². The summed E-state index contributed by atoms with van der Waals surface area (Å²) in [6, 6.07) is 0. The number of aliphatic carboxylic acids is 1. The number of carboxylic acid groups (broad SMARTS) is 1. The van der Waals surface area contributed by atoms with E-state index >= 15 is 0 Å². The van der Waals surface area contributed by atoms with E-state index < -0.39 is 37.8 Å². The second-order valence-electron chi connectivity index (χ2n) is 4.28. The minimum atomic E-state index is -1.11. The van der Waals surface area contributed by atoms with Crippen molar-refractivity contribution in [3.8, 4) is 0 Å². The molecule has 9 nitrogen and oxygen atoms in total. The molecule has 134 valence electrons. The summed E-state index contributed by atoms with van der Waals surface area (Å²) in [5.74, 6) is -0.935. The zero-order valence-corrected chi connectivity index (χ0v) is 12.8. The maximum Gasteiger partial charge on any atom is 0.330 e. The Bertz CT molecular complexity index is 231. The Morgan fingerprint density at radius 2 is 1.18 bits per heavy atom. The van der Waals surface area contributed by atoms with Crippen molar-refractivity contribution in [1.82, 2.24) is 0 Å². The summed E-state index contributed by atoms with van der Waals surface area (Å²) in [6.07, 6.45) is 0. The lowest BCUT2D eigenvalue weighted by molar-refractivity contribution is -0.132. The van der Waals surface area contributed by atoms with Crippen molar-refractivity contribution in [2.24, 2.45) is 5.41 Å². The first-order chi connectivity index (χ1) is 10.3. The maximum absolute atomic E-state index is 9.60. The van der Waals surface area contributed by atoms with Crippen LogP contribution in [-0.2, 0) is 9.53 Å². The van der Waals surface area contributed by atoms with Crippen molar-refractivity contribution in [2.45, 2.75) is 6.92 Å². The van der Waals surface area contributed by atoms with E-state index in [0.717, 1.165) is 0 Å². The lowest BCUT2D eigenvalue weighted by Crippen LogP contribution is -2.37. The van der Waals surface area contributed by atoms with Crippen molar-refractivity contribution >= 4 is 5.97 Å². The first kappa shape index (κ1) is 25.9. The highest BCUT2D eigenvalue weighted by molar-refractivity contribution is 5.84. The number of hydrogen-bond donors (Lipinski definition) is 7. The molecule has 0 aliphatic carbocycles. The van der Waals surface area contributed by atoms with Crippen LogP contribution in [0.2, 0.25) is 0 Å². The zero-order chi connectivity index (χ0) is 18.0. The molecule has 22 heavy (non-hydrogen) atoms. The fraction of sp³-hybridized carbons (Fsp3) is 0.769. The molecule has 0 heterocycles. The van der Waals surface area contributed by atoms with Crippen LogP contribution in [0.4, 0.5) is 0 Å². The van der Waals surface area contributed by atoms with E-state index in [1.165, 1.54) is 6.92 Å².